The van der Waals surface area contributed by atoms with E-state index >= 15 is 0 Å². The molecule has 18 heavy (non-hydrogen) atoms. The average Bonchev–Trinajstić information content (AvgIpc) is 2.15. The number of piperidine rings is 1. The minimum absolute atomic E-state index is 0.212. The molecule has 0 radical (unpaired) electrons. The summed E-state index contributed by atoms with van der Waals surface area (Å²) in [4.78, 5) is 0. The van der Waals surface area contributed by atoms with E-state index in [9.17, 15) is 33.9 Å². The number of rotatable bonds is 2. The minimum Gasteiger partial charge on any atom is -0.346 e. The molecule has 0 aromatic heterocycles. The third-order valence-electron chi connectivity index (χ3n) is 1.83. The van der Waals surface area contributed by atoms with E-state index in [1.165, 1.54) is 32.4 Å². The van der Waals surface area contributed by atoms with Crippen LogP contribution in [0.3, 0.4) is 0 Å². The molecule has 0 bridgehead atoms. The fraction of sp³-hybridized carbons (Fsp3) is 1.00. The highest BCUT2D eigenvalue weighted by molar-refractivity contribution is 8.03. The number of alkyl halides is 3. The molecule has 1 rings (SSSR count). The SMILES string of the molecule is C1CC[NH2+]CC1.O=S(=O)(F)NS(=O)(=O)C(F)(F)F. The van der Waals surface area contributed by atoms with Crippen LogP contribution in [0.15, 0.2) is 0 Å². The van der Waals surface area contributed by atoms with Gasteiger partial charge in [-0.25, -0.2) is 8.42 Å². The van der Waals surface area contributed by atoms with E-state index < -0.39 is 25.9 Å². The zero-order chi connectivity index (χ0) is 14.4. The molecule has 0 amide bonds. The van der Waals surface area contributed by atoms with Crippen LogP contribution in [0.2, 0.25) is 0 Å². The fourth-order valence-electron chi connectivity index (χ4n) is 1.08. The summed E-state index contributed by atoms with van der Waals surface area (Å²) in [7, 11) is -12.1. The summed E-state index contributed by atoms with van der Waals surface area (Å²) in [6.07, 6.45) is 4.36. The number of nitrogens with one attached hydrogen (secondary N) is 1. The molecule has 0 atom stereocenters. The topological polar surface area (TPSA) is 96.9 Å². The molecule has 110 valence electrons. The van der Waals surface area contributed by atoms with Crippen molar-refractivity contribution in [2.45, 2.75) is 24.8 Å². The maximum absolute atomic E-state index is 11.4. The molecule has 0 spiro atoms. The molecule has 1 aliphatic rings. The second-order valence-corrected chi connectivity index (χ2v) is 6.41. The van der Waals surface area contributed by atoms with E-state index in [4.69, 9.17) is 0 Å². The Bertz CT molecular complexity index is 429. The van der Waals surface area contributed by atoms with Gasteiger partial charge in [0, 0.05) is 0 Å². The van der Waals surface area contributed by atoms with Gasteiger partial charge in [-0.05, 0) is 19.3 Å². The van der Waals surface area contributed by atoms with Crippen LogP contribution in [0.25, 0.3) is 0 Å². The second-order valence-electron chi connectivity index (χ2n) is 3.40. The molecule has 0 saturated carbocycles. The molecule has 1 fully saturated rings. The third-order valence-corrected chi connectivity index (χ3v) is 4.11. The molecule has 12 heteroatoms. The summed E-state index contributed by atoms with van der Waals surface area (Å²) in [6, 6.07) is 0. The van der Waals surface area contributed by atoms with Gasteiger partial charge in [-0.1, -0.05) is 8.01 Å². The zero-order valence-electron chi connectivity index (χ0n) is 9.07. The van der Waals surface area contributed by atoms with Crippen LogP contribution in [0.5, 0.6) is 0 Å². The molecule has 0 unspecified atom stereocenters. The first-order valence-corrected chi connectivity index (χ1v) is 7.68. The molecule has 1 heterocycles. The van der Waals surface area contributed by atoms with E-state index in [0.717, 1.165) is 0 Å². The van der Waals surface area contributed by atoms with Crippen molar-refractivity contribution in [3.63, 3.8) is 0 Å². The molecule has 6 nitrogen and oxygen atoms in total. The smallest absolute Gasteiger partial charge is 0.346 e. The fourth-order valence-corrected chi connectivity index (χ4v) is 2.50. The van der Waals surface area contributed by atoms with Gasteiger partial charge in [-0.3, -0.25) is 0 Å². The first-order valence-electron chi connectivity index (χ1n) is 4.82. The van der Waals surface area contributed by atoms with Gasteiger partial charge in [0.1, 0.15) is 0 Å². The number of sulfonamides is 1. The van der Waals surface area contributed by atoms with Crippen molar-refractivity contribution in [2.24, 2.45) is 0 Å². The van der Waals surface area contributed by atoms with Gasteiger partial charge in [0.15, 0.2) is 0 Å². The van der Waals surface area contributed by atoms with E-state index in [0.29, 0.717) is 0 Å². The lowest BCUT2D eigenvalue weighted by molar-refractivity contribution is -0.662. The third kappa shape index (κ3) is 7.79. The molecular weight excluding hydrogens is 304 g/mol. The molecule has 0 aromatic carbocycles. The average molecular weight is 317 g/mol. The lowest BCUT2D eigenvalue weighted by atomic mass is 10.2. The number of halogens is 4. The highest BCUT2D eigenvalue weighted by Crippen LogP contribution is 2.22. The quantitative estimate of drug-likeness (QED) is 0.524. The number of quaternary nitrogens is 1. The lowest BCUT2D eigenvalue weighted by Crippen LogP contribution is -2.85. The van der Waals surface area contributed by atoms with Gasteiger partial charge in [-0.15, -0.1) is 0 Å². The Morgan fingerprint density at radius 2 is 1.39 bits per heavy atom. The van der Waals surface area contributed by atoms with Gasteiger partial charge in [0.05, 0.1) is 13.1 Å². The van der Waals surface area contributed by atoms with Crippen molar-refractivity contribution in [1.29, 1.82) is 0 Å². The Labute approximate surface area is 102 Å². The van der Waals surface area contributed by atoms with Crippen molar-refractivity contribution in [3.8, 4) is 0 Å². The van der Waals surface area contributed by atoms with Crippen LogP contribution in [-0.4, -0.2) is 35.4 Å². The van der Waals surface area contributed by atoms with Crippen molar-refractivity contribution in [1.82, 2.24) is 4.13 Å². The second kappa shape index (κ2) is 6.63. The Kier molecular flexibility index (Phi) is 6.46. The van der Waals surface area contributed by atoms with Gasteiger partial charge in [0.2, 0.25) is 0 Å². The molecule has 3 N–H and O–H groups in total. The summed E-state index contributed by atoms with van der Waals surface area (Å²) in [5.41, 5.74) is -5.86. The predicted molar refractivity (Wildman–Crippen MR) is 53.6 cm³/mol. The molecule has 1 aliphatic heterocycles. The van der Waals surface area contributed by atoms with Crippen LogP contribution in [0.4, 0.5) is 17.1 Å². The van der Waals surface area contributed by atoms with E-state index in [2.05, 4.69) is 5.32 Å². The standard InChI is InChI=1S/C5H11N.CHF4NO4S2/c1-2-4-6-5-3-1;2-1(3,4)11(7,8)6-12(5,9)10/h6H,1-5H2;6H/p+1. The van der Waals surface area contributed by atoms with E-state index in [1.807, 2.05) is 0 Å². The van der Waals surface area contributed by atoms with Crippen molar-refractivity contribution < 1.29 is 39.2 Å². The highest BCUT2D eigenvalue weighted by Gasteiger charge is 2.48. The van der Waals surface area contributed by atoms with Gasteiger partial charge < -0.3 is 5.32 Å². The zero-order valence-corrected chi connectivity index (χ0v) is 10.7. The number of nitrogens with two attached hydrogens (primary N) is 1. The molecular formula is C6H13F4N2O4S2+. The van der Waals surface area contributed by atoms with Crippen LogP contribution < -0.4 is 9.44 Å². The van der Waals surface area contributed by atoms with Crippen LogP contribution in [0, 0.1) is 0 Å². The Balaban J connectivity index is 0.000000397. The monoisotopic (exact) mass is 317 g/mol. The van der Waals surface area contributed by atoms with E-state index in [1.54, 1.807) is 0 Å². The van der Waals surface area contributed by atoms with Crippen LogP contribution in [0.1, 0.15) is 19.3 Å². The minimum atomic E-state index is -6.17. The highest BCUT2D eigenvalue weighted by atomic mass is 32.3. The Morgan fingerprint density at radius 3 is 1.50 bits per heavy atom. The predicted octanol–water partition coefficient (Wildman–Crippen LogP) is -0.626. The van der Waals surface area contributed by atoms with E-state index in [-0.39, 0.29) is 4.13 Å². The largest absolute Gasteiger partial charge is 0.512 e. The Morgan fingerprint density at radius 1 is 0.944 bits per heavy atom. The number of hydrogen-bond donors (Lipinski definition) is 2. The summed E-state index contributed by atoms with van der Waals surface area (Å²) >= 11 is 0. The number of hydrogen-bond acceptors (Lipinski definition) is 4. The van der Waals surface area contributed by atoms with Crippen molar-refractivity contribution >= 4 is 20.4 Å². The van der Waals surface area contributed by atoms with Gasteiger partial charge in [-0.2, -0.15) is 21.6 Å². The maximum Gasteiger partial charge on any atom is 0.512 e. The molecule has 1 saturated heterocycles. The summed E-state index contributed by atoms with van der Waals surface area (Å²) in [5.74, 6) is 0. The summed E-state index contributed by atoms with van der Waals surface area (Å²) in [6.45, 7) is 2.75. The van der Waals surface area contributed by atoms with Crippen molar-refractivity contribution in [2.75, 3.05) is 13.1 Å². The van der Waals surface area contributed by atoms with Gasteiger partial charge in [0.25, 0.3) is 0 Å². The first kappa shape index (κ1) is 17.5. The maximum atomic E-state index is 11.4. The summed E-state index contributed by atoms with van der Waals surface area (Å²) in [5, 5.41) is 2.39. The van der Waals surface area contributed by atoms with Crippen molar-refractivity contribution in [3.05, 3.63) is 0 Å². The Hall–Kier alpha value is -0.460. The molecule has 0 aliphatic carbocycles. The van der Waals surface area contributed by atoms with Crippen LogP contribution >= 0.6 is 0 Å². The first-order chi connectivity index (χ1) is 7.96. The normalized spacial score (nSPS) is 17.8. The lowest BCUT2D eigenvalue weighted by Gasteiger charge is -2.05. The van der Waals surface area contributed by atoms with Crippen LogP contribution in [-0.2, 0) is 20.4 Å². The molecule has 0 aromatic rings. The van der Waals surface area contributed by atoms with Gasteiger partial charge >= 0.3 is 25.9 Å². The summed E-state index contributed by atoms with van der Waals surface area (Å²) < 4.78 is 83.5.